The molecule has 0 bridgehead atoms. The maximum Gasteiger partial charge on any atom is 0.160 e. The monoisotopic (exact) mass is 669 g/mol. The van der Waals surface area contributed by atoms with Crippen LogP contribution in [0.2, 0.25) is 0 Å². The van der Waals surface area contributed by atoms with Crippen LogP contribution >= 0.6 is 11.3 Å². The van der Waals surface area contributed by atoms with Gasteiger partial charge in [-0.1, -0.05) is 140 Å². The molecule has 10 rings (SSSR count). The van der Waals surface area contributed by atoms with E-state index < -0.39 is 0 Å². The number of furan rings is 1. The Hall–Kier alpha value is -6.42. The fourth-order valence-electron chi connectivity index (χ4n) is 7.42. The molecule has 240 valence electrons. The predicted molar refractivity (Wildman–Crippen MR) is 218 cm³/mol. The van der Waals surface area contributed by atoms with Crippen LogP contribution in [0.25, 0.3) is 75.5 Å². The fourth-order valence-corrected chi connectivity index (χ4v) is 8.56. The molecule has 0 N–H and O–H groups in total. The number of thiophene rings is 1. The second-order valence-electron chi connectivity index (χ2n) is 12.9. The smallest absolute Gasteiger partial charge is 0.160 e. The van der Waals surface area contributed by atoms with Crippen molar-refractivity contribution in [3.8, 4) is 33.4 Å². The van der Waals surface area contributed by atoms with Gasteiger partial charge in [-0.2, -0.15) is 0 Å². The van der Waals surface area contributed by atoms with E-state index in [9.17, 15) is 0 Å². The first-order valence-corrected chi connectivity index (χ1v) is 18.1. The van der Waals surface area contributed by atoms with Gasteiger partial charge in [0.15, 0.2) is 5.58 Å². The average molecular weight is 670 g/mol. The summed E-state index contributed by atoms with van der Waals surface area (Å²) in [6, 6.07) is 67.3. The average Bonchev–Trinajstić information content (AvgIpc) is 3.77. The number of rotatable bonds is 6. The lowest BCUT2D eigenvalue weighted by Crippen LogP contribution is -2.12. The molecule has 0 unspecified atom stereocenters. The van der Waals surface area contributed by atoms with E-state index in [1.54, 1.807) is 0 Å². The topological polar surface area (TPSA) is 16.4 Å². The molecule has 0 atom stereocenters. The van der Waals surface area contributed by atoms with Crippen LogP contribution in [0.3, 0.4) is 0 Å². The van der Waals surface area contributed by atoms with E-state index >= 15 is 0 Å². The van der Waals surface area contributed by atoms with Crippen molar-refractivity contribution in [2.45, 2.75) is 0 Å². The Morgan fingerprint density at radius 1 is 0.373 bits per heavy atom. The van der Waals surface area contributed by atoms with E-state index in [1.165, 1.54) is 36.9 Å². The summed E-state index contributed by atoms with van der Waals surface area (Å²) in [5.41, 5.74) is 11.8. The summed E-state index contributed by atoms with van der Waals surface area (Å²) in [6.45, 7) is 0. The molecule has 0 aliphatic carbocycles. The number of benzene rings is 8. The van der Waals surface area contributed by atoms with Crippen LogP contribution in [0.5, 0.6) is 0 Å². The number of para-hydroxylation sites is 1. The lowest BCUT2D eigenvalue weighted by molar-refractivity contribution is 0.669. The summed E-state index contributed by atoms with van der Waals surface area (Å²) in [4.78, 5) is 2.37. The Morgan fingerprint density at radius 3 is 1.80 bits per heavy atom. The lowest BCUT2D eigenvalue weighted by atomic mass is 9.98. The molecule has 0 radical (unpaired) electrons. The van der Waals surface area contributed by atoms with E-state index in [0.29, 0.717) is 0 Å². The Labute approximate surface area is 300 Å². The first-order chi connectivity index (χ1) is 25.3. The SMILES string of the molecule is c1ccc(-c2cccc(N(c3ccc(-c4ccc5c(c4)sc4ccccc45)cc3)c3c(-c4ccccc4)ccc4c3oc3ccccc34)c2)cc1. The normalized spacial score (nSPS) is 11.5. The highest BCUT2D eigenvalue weighted by atomic mass is 32.1. The summed E-state index contributed by atoms with van der Waals surface area (Å²) in [5.74, 6) is 0. The van der Waals surface area contributed by atoms with Crippen molar-refractivity contribution in [3.63, 3.8) is 0 Å². The van der Waals surface area contributed by atoms with E-state index in [4.69, 9.17) is 4.42 Å². The Morgan fingerprint density at radius 2 is 0.980 bits per heavy atom. The Bertz CT molecular complexity index is 2850. The van der Waals surface area contributed by atoms with Crippen LogP contribution in [0.4, 0.5) is 17.1 Å². The van der Waals surface area contributed by atoms with Crippen molar-refractivity contribution in [1.82, 2.24) is 0 Å². The van der Waals surface area contributed by atoms with Gasteiger partial charge in [0.1, 0.15) is 5.58 Å². The second-order valence-corrected chi connectivity index (χ2v) is 14.0. The minimum atomic E-state index is 0.863. The third-order valence-electron chi connectivity index (χ3n) is 9.88. The quantitative estimate of drug-likeness (QED) is 0.175. The zero-order chi connectivity index (χ0) is 33.7. The van der Waals surface area contributed by atoms with Crippen molar-refractivity contribution in [1.29, 1.82) is 0 Å². The molecule has 2 nitrogen and oxygen atoms in total. The second kappa shape index (κ2) is 12.2. The van der Waals surface area contributed by atoms with Gasteiger partial charge in [-0.25, -0.2) is 0 Å². The van der Waals surface area contributed by atoms with Gasteiger partial charge in [0.05, 0.1) is 5.69 Å². The zero-order valence-electron chi connectivity index (χ0n) is 27.7. The van der Waals surface area contributed by atoms with Crippen LogP contribution in [0.15, 0.2) is 192 Å². The third-order valence-corrected chi connectivity index (χ3v) is 11.0. The number of anilines is 3. The van der Waals surface area contributed by atoms with Crippen molar-refractivity contribution >= 4 is 70.5 Å². The highest BCUT2D eigenvalue weighted by Crippen LogP contribution is 2.48. The van der Waals surface area contributed by atoms with Gasteiger partial charge in [0.2, 0.25) is 0 Å². The molecule has 2 aromatic heterocycles. The summed E-state index contributed by atoms with van der Waals surface area (Å²) < 4.78 is 9.43. The molecule has 0 fully saturated rings. The first-order valence-electron chi connectivity index (χ1n) is 17.3. The largest absolute Gasteiger partial charge is 0.454 e. The molecule has 0 aliphatic rings. The van der Waals surface area contributed by atoms with Crippen LogP contribution in [0, 0.1) is 0 Å². The molecule has 0 spiro atoms. The van der Waals surface area contributed by atoms with Crippen molar-refractivity contribution in [2.75, 3.05) is 4.90 Å². The van der Waals surface area contributed by atoms with E-state index in [2.05, 4.69) is 187 Å². The maximum absolute atomic E-state index is 6.80. The highest BCUT2D eigenvalue weighted by molar-refractivity contribution is 7.25. The van der Waals surface area contributed by atoms with Gasteiger partial charge in [-0.3, -0.25) is 0 Å². The fraction of sp³-hybridized carbons (Fsp3) is 0. The van der Waals surface area contributed by atoms with Crippen LogP contribution in [-0.4, -0.2) is 0 Å². The Kier molecular flexibility index (Phi) is 7.04. The molecule has 3 heteroatoms. The Balaban J connectivity index is 1.19. The van der Waals surface area contributed by atoms with Crippen molar-refractivity contribution in [3.05, 3.63) is 188 Å². The van der Waals surface area contributed by atoms with E-state index in [1.807, 2.05) is 17.4 Å². The molecule has 51 heavy (non-hydrogen) atoms. The molecule has 0 aliphatic heterocycles. The zero-order valence-corrected chi connectivity index (χ0v) is 28.5. The first kappa shape index (κ1) is 29.5. The number of hydrogen-bond donors (Lipinski definition) is 0. The molecule has 0 saturated heterocycles. The lowest BCUT2D eigenvalue weighted by Gasteiger charge is -2.28. The van der Waals surface area contributed by atoms with Gasteiger partial charge in [0, 0.05) is 47.9 Å². The van der Waals surface area contributed by atoms with Gasteiger partial charge >= 0.3 is 0 Å². The van der Waals surface area contributed by atoms with Crippen molar-refractivity contribution < 1.29 is 4.42 Å². The van der Waals surface area contributed by atoms with Crippen LogP contribution in [0.1, 0.15) is 0 Å². The van der Waals surface area contributed by atoms with E-state index in [-0.39, 0.29) is 0 Å². The number of nitrogens with zero attached hydrogens (tertiary/aromatic N) is 1. The summed E-state index contributed by atoms with van der Waals surface area (Å²) >= 11 is 1.86. The van der Waals surface area contributed by atoms with E-state index in [0.717, 1.165) is 55.7 Å². The molecule has 0 amide bonds. The van der Waals surface area contributed by atoms with Gasteiger partial charge < -0.3 is 9.32 Å². The minimum absolute atomic E-state index is 0.863. The molecular weight excluding hydrogens is 639 g/mol. The maximum atomic E-state index is 6.80. The minimum Gasteiger partial charge on any atom is -0.454 e. The third kappa shape index (κ3) is 5.10. The van der Waals surface area contributed by atoms with Crippen molar-refractivity contribution in [2.24, 2.45) is 0 Å². The number of hydrogen-bond acceptors (Lipinski definition) is 3. The summed E-state index contributed by atoms with van der Waals surface area (Å²) in [6.07, 6.45) is 0. The highest BCUT2D eigenvalue weighted by Gasteiger charge is 2.24. The van der Waals surface area contributed by atoms with Gasteiger partial charge in [-0.05, 0) is 76.3 Å². The molecule has 10 aromatic rings. The van der Waals surface area contributed by atoms with Gasteiger partial charge in [0.25, 0.3) is 0 Å². The summed E-state index contributed by atoms with van der Waals surface area (Å²) in [5, 5.41) is 4.84. The standard InChI is InChI=1S/C48H31NOS/c1-3-12-32(13-4-1)35-16-11-17-38(30-35)49(37-25-22-33(23-26-37)36-24-27-42-41-19-8-10-21-45(41)51-46(42)31-36)47-39(34-14-5-2-6-15-34)28-29-43-40-18-7-9-20-44(40)50-48(43)47/h1-31H. The van der Waals surface area contributed by atoms with Crippen LogP contribution in [-0.2, 0) is 0 Å². The summed E-state index contributed by atoms with van der Waals surface area (Å²) in [7, 11) is 0. The van der Waals surface area contributed by atoms with Crippen LogP contribution < -0.4 is 4.90 Å². The molecule has 0 saturated carbocycles. The molecule has 8 aromatic carbocycles. The molecule has 2 heterocycles. The predicted octanol–water partition coefficient (Wildman–Crippen LogP) is 14.4. The molecular formula is C48H31NOS. The van der Waals surface area contributed by atoms with Gasteiger partial charge in [-0.15, -0.1) is 11.3 Å². The number of fused-ring (bicyclic) bond motifs is 6.